The van der Waals surface area contributed by atoms with Crippen LogP contribution >= 0.6 is 11.3 Å². The molecule has 3 aromatic heterocycles. The van der Waals surface area contributed by atoms with E-state index < -0.39 is 0 Å². The van der Waals surface area contributed by atoms with E-state index in [4.69, 9.17) is 9.26 Å². The lowest BCUT2D eigenvalue weighted by molar-refractivity contribution is -0.0166. The van der Waals surface area contributed by atoms with Gasteiger partial charge in [-0.2, -0.15) is 10.1 Å². The van der Waals surface area contributed by atoms with Crippen LogP contribution < -0.4 is 0 Å². The second-order valence-electron chi connectivity index (χ2n) is 5.80. The fourth-order valence-corrected chi connectivity index (χ4v) is 3.53. The van der Waals surface area contributed by atoms with E-state index >= 15 is 0 Å². The van der Waals surface area contributed by atoms with Gasteiger partial charge in [-0.15, -0.1) is 11.3 Å². The minimum absolute atomic E-state index is 0.0304. The first-order valence-corrected chi connectivity index (χ1v) is 8.62. The number of hydrogen-bond donors (Lipinski definition) is 0. The van der Waals surface area contributed by atoms with Crippen molar-refractivity contribution in [3.63, 3.8) is 0 Å². The molecule has 0 saturated carbocycles. The number of morpholine rings is 1. The zero-order valence-corrected chi connectivity index (χ0v) is 14.4. The van der Waals surface area contributed by atoms with E-state index in [1.54, 1.807) is 22.2 Å². The third-order valence-electron chi connectivity index (χ3n) is 3.94. The van der Waals surface area contributed by atoms with Gasteiger partial charge in [0.15, 0.2) is 5.82 Å². The molecule has 0 N–H and O–H groups in total. The number of aromatic nitrogens is 5. The number of thiazole rings is 1. The monoisotopic (exact) mass is 346 g/mol. The first kappa shape index (κ1) is 15.4. The van der Waals surface area contributed by atoms with Crippen molar-refractivity contribution in [2.24, 2.45) is 7.05 Å². The van der Waals surface area contributed by atoms with Crippen LogP contribution in [0, 0.1) is 6.92 Å². The minimum Gasteiger partial charge on any atom is -0.378 e. The van der Waals surface area contributed by atoms with Gasteiger partial charge in [-0.25, -0.2) is 4.98 Å². The predicted octanol–water partition coefficient (Wildman–Crippen LogP) is 1.81. The van der Waals surface area contributed by atoms with Gasteiger partial charge in [0.2, 0.25) is 0 Å². The van der Waals surface area contributed by atoms with Crippen molar-refractivity contribution in [3.05, 3.63) is 34.3 Å². The Labute approximate surface area is 143 Å². The van der Waals surface area contributed by atoms with Gasteiger partial charge in [-0.3, -0.25) is 9.58 Å². The molecule has 126 valence electrons. The highest BCUT2D eigenvalue weighted by Crippen LogP contribution is 2.27. The lowest BCUT2D eigenvalue weighted by atomic mass is 10.2. The van der Waals surface area contributed by atoms with Crippen LogP contribution in [0.3, 0.4) is 0 Å². The molecule has 1 saturated heterocycles. The van der Waals surface area contributed by atoms with Crippen molar-refractivity contribution in [1.82, 2.24) is 29.8 Å². The predicted molar refractivity (Wildman–Crippen MR) is 87.3 cm³/mol. The van der Waals surface area contributed by atoms with Crippen LogP contribution in [0.1, 0.15) is 22.6 Å². The van der Waals surface area contributed by atoms with Gasteiger partial charge in [0, 0.05) is 30.9 Å². The number of rotatable bonds is 4. The Balaban J connectivity index is 1.55. The second kappa shape index (κ2) is 6.42. The molecule has 1 aliphatic heterocycles. The van der Waals surface area contributed by atoms with Gasteiger partial charge in [-0.1, -0.05) is 5.16 Å². The van der Waals surface area contributed by atoms with Crippen LogP contribution in [0.4, 0.5) is 0 Å². The Morgan fingerprint density at radius 2 is 2.29 bits per heavy atom. The van der Waals surface area contributed by atoms with Gasteiger partial charge in [0.05, 0.1) is 37.6 Å². The van der Waals surface area contributed by atoms with Crippen LogP contribution in [0.15, 0.2) is 22.3 Å². The van der Waals surface area contributed by atoms with E-state index in [1.165, 1.54) is 0 Å². The highest BCUT2D eigenvalue weighted by atomic mass is 32.1. The Hall–Kier alpha value is -2.10. The summed E-state index contributed by atoms with van der Waals surface area (Å²) in [4.78, 5) is 11.4. The third kappa shape index (κ3) is 3.10. The molecule has 0 aromatic carbocycles. The fourth-order valence-electron chi connectivity index (χ4n) is 2.73. The SMILES string of the molecule is Cc1csc(CN2CCOC[C@H]2c2noc(-c3cnn(C)c3)n2)n1. The zero-order valence-electron chi connectivity index (χ0n) is 13.5. The van der Waals surface area contributed by atoms with Crippen molar-refractivity contribution < 1.29 is 9.26 Å². The maximum absolute atomic E-state index is 5.63. The molecule has 1 fully saturated rings. The van der Waals surface area contributed by atoms with Gasteiger partial charge >= 0.3 is 0 Å². The number of nitrogens with zero attached hydrogens (tertiary/aromatic N) is 6. The summed E-state index contributed by atoms with van der Waals surface area (Å²) in [5, 5.41) is 11.5. The van der Waals surface area contributed by atoms with Gasteiger partial charge < -0.3 is 9.26 Å². The maximum Gasteiger partial charge on any atom is 0.261 e. The smallest absolute Gasteiger partial charge is 0.261 e. The van der Waals surface area contributed by atoms with Gasteiger partial charge in [-0.05, 0) is 6.92 Å². The molecule has 0 radical (unpaired) electrons. The zero-order chi connectivity index (χ0) is 16.5. The lowest BCUT2D eigenvalue weighted by Gasteiger charge is -2.32. The molecule has 3 aromatic rings. The largest absolute Gasteiger partial charge is 0.378 e. The molecule has 24 heavy (non-hydrogen) atoms. The molecule has 4 heterocycles. The molecule has 1 atom stereocenters. The molecule has 0 unspecified atom stereocenters. The van der Waals surface area contributed by atoms with Crippen LogP contribution in [0.2, 0.25) is 0 Å². The summed E-state index contributed by atoms with van der Waals surface area (Å²) in [6, 6.07) is -0.0304. The first-order valence-electron chi connectivity index (χ1n) is 7.74. The van der Waals surface area contributed by atoms with Crippen LogP contribution in [-0.2, 0) is 18.3 Å². The van der Waals surface area contributed by atoms with Crippen molar-refractivity contribution in [1.29, 1.82) is 0 Å². The highest BCUT2D eigenvalue weighted by molar-refractivity contribution is 7.09. The van der Waals surface area contributed by atoms with Gasteiger partial charge in [0.25, 0.3) is 5.89 Å². The maximum atomic E-state index is 5.63. The summed E-state index contributed by atoms with van der Waals surface area (Å²) in [5.74, 6) is 1.12. The van der Waals surface area contributed by atoms with E-state index in [0.29, 0.717) is 24.9 Å². The quantitative estimate of drug-likeness (QED) is 0.712. The Kier molecular flexibility index (Phi) is 4.13. The number of hydrogen-bond acceptors (Lipinski definition) is 8. The standard InChI is InChI=1S/C15H18N6O2S/c1-10-9-24-13(17-10)7-21-3-4-22-8-12(21)14-18-15(23-19-14)11-5-16-20(2)6-11/h5-6,9,12H,3-4,7-8H2,1-2H3/t12-/m0/s1. The Bertz CT molecular complexity index is 825. The molecule has 0 aliphatic carbocycles. The number of ether oxygens (including phenoxy) is 1. The summed E-state index contributed by atoms with van der Waals surface area (Å²) in [6.07, 6.45) is 3.57. The molecule has 1 aliphatic rings. The van der Waals surface area contributed by atoms with Crippen LogP contribution in [0.25, 0.3) is 11.5 Å². The van der Waals surface area contributed by atoms with Crippen molar-refractivity contribution in [2.45, 2.75) is 19.5 Å². The molecule has 8 nitrogen and oxygen atoms in total. The highest BCUT2D eigenvalue weighted by Gasteiger charge is 2.29. The van der Waals surface area contributed by atoms with Gasteiger partial charge in [0.1, 0.15) is 5.01 Å². The van der Waals surface area contributed by atoms with Crippen LogP contribution in [-0.4, -0.2) is 49.6 Å². The van der Waals surface area contributed by atoms with E-state index in [1.807, 2.05) is 20.2 Å². The third-order valence-corrected chi connectivity index (χ3v) is 4.89. The Morgan fingerprint density at radius 1 is 1.38 bits per heavy atom. The molecule has 4 rings (SSSR count). The average Bonchev–Trinajstić information content (AvgIpc) is 3.29. The lowest BCUT2D eigenvalue weighted by Crippen LogP contribution is -2.39. The first-order chi connectivity index (χ1) is 11.7. The van der Waals surface area contributed by atoms with E-state index in [9.17, 15) is 0 Å². The fraction of sp³-hybridized carbons (Fsp3) is 0.467. The Morgan fingerprint density at radius 3 is 3.04 bits per heavy atom. The van der Waals surface area contributed by atoms with Crippen molar-refractivity contribution >= 4 is 11.3 Å². The average molecular weight is 346 g/mol. The summed E-state index contributed by atoms with van der Waals surface area (Å²) >= 11 is 1.68. The van der Waals surface area contributed by atoms with E-state index in [2.05, 4.69) is 30.5 Å². The summed E-state index contributed by atoms with van der Waals surface area (Å²) in [7, 11) is 1.85. The molecular weight excluding hydrogens is 328 g/mol. The summed E-state index contributed by atoms with van der Waals surface area (Å²) in [5.41, 5.74) is 1.87. The normalized spacial score (nSPS) is 19.0. The molecule has 0 bridgehead atoms. The van der Waals surface area contributed by atoms with E-state index in [0.717, 1.165) is 29.4 Å². The minimum atomic E-state index is -0.0304. The van der Waals surface area contributed by atoms with E-state index in [-0.39, 0.29) is 6.04 Å². The molecule has 0 spiro atoms. The number of aryl methyl sites for hydroxylation is 2. The second-order valence-corrected chi connectivity index (χ2v) is 6.75. The molecular formula is C15H18N6O2S. The summed E-state index contributed by atoms with van der Waals surface area (Å²) in [6.45, 7) is 4.85. The van der Waals surface area contributed by atoms with Crippen molar-refractivity contribution in [3.8, 4) is 11.5 Å². The molecule has 9 heteroatoms. The topological polar surface area (TPSA) is 82.1 Å². The summed E-state index contributed by atoms with van der Waals surface area (Å²) < 4.78 is 12.8. The molecule has 0 amide bonds. The van der Waals surface area contributed by atoms with Crippen LogP contribution in [0.5, 0.6) is 0 Å². The van der Waals surface area contributed by atoms with Crippen molar-refractivity contribution in [2.75, 3.05) is 19.8 Å².